The quantitative estimate of drug-likeness (QED) is 0.766. The van der Waals surface area contributed by atoms with Gasteiger partial charge in [0.1, 0.15) is 0 Å². The van der Waals surface area contributed by atoms with Crippen LogP contribution in [0.3, 0.4) is 0 Å². The van der Waals surface area contributed by atoms with Gasteiger partial charge in [0.2, 0.25) is 11.7 Å². The van der Waals surface area contributed by atoms with Gasteiger partial charge in [-0.1, -0.05) is 0 Å². The summed E-state index contributed by atoms with van der Waals surface area (Å²) in [6, 6.07) is 3.86. The molecule has 2 aromatic rings. The minimum Gasteiger partial charge on any atom is -0.493 e. The van der Waals surface area contributed by atoms with E-state index in [2.05, 4.69) is 9.88 Å². The van der Waals surface area contributed by atoms with Gasteiger partial charge in [0.25, 0.3) is 0 Å². The molecular formula is C22H27N3O4. The summed E-state index contributed by atoms with van der Waals surface area (Å²) >= 11 is 0. The van der Waals surface area contributed by atoms with Crippen molar-refractivity contribution in [2.75, 3.05) is 39.3 Å². The minimum atomic E-state index is 0.00411. The fourth-order valence-electron chi connectivity index (χ4n) is 4.39. The van der Waals surface area contributed by atoms with Gasteiger partial charge in [-0.05, 0) is 49.8 Å². The van der Waals surface area contributed by atoms with Crippen molar-refractivity contribution in [3.8, 4) is 17.2 Å². The van der Waals surface area contributed by atoms with Crippen molar-refractivity contribution < 1.29 is 19.0 Å². The second kappa shape index (κ2) is 7.89. The average molecular weight is 397 g/mol. The van der Waals surface area contributed by atoms with E-state index in [-0.39, 0.29) is 11.7 Å². The zero-order valence-corrected chi connectivity index (χ0v) is 17.4. The highest BCUT2D eigenvalue weighted by Gasteiger charge is 2.32. The molecule has 1 saturated heterocycles. The highest BCUT2D eigenvalue weighted by molar-refractivity contribution is 5.99. The number of ketones is 1. The fourth-order valence-corrected chi connectivity index (χ4v) is 4.39. The van der Waals surface area contributed by atoms with Gasteiger partial charge in [0, 0.05) is 19.5 Å². The van der Waals surface area contributed by atoms with Gasteiger partial charge in [0.15, 0.2) is 17.3 Å². The topological polar surface area (TPSA) is 73.8 Å². The number of anilines is 1. The Balaban J connectivity index is 1.72. The average Bonchev–Trinajstić information content (AvgIpc) is 3.26. The molecule has 0 radical (unpaired) electrons. The fraction of sp³-hybridized carbons (Fsp3) is 0.500. The SMILES string of the molecule is COc1cc([C@@H]2CC(=O)c3c(C)nc(N4CCCC4)nc3C2)cc(OC)c1OC. The Morgan fingerprint density at radius 3 is 2.21 bits per heavy atom. The van der Waals surface area contributed by atoms with Crippen molar-refractivity contribution in [3.63, 3.8) is 0 Å². The van der Waals surface area contributed by atoms with Crippen LogP contribution in [0.4, 0.5) is 5.95 Å². The number of Topliss-reactive ketones (excluding diaryl/α,β-unsaturated/α-hetero) is 1. The number of nitrogens with zero attached hydrogens (tertiary/aromatic N) is 3. The van der Waals surface area contributed by atoms with Gasteiger partial charge in [-0.3, -0.25) is 4.79 Å². The molecule has 29 heavy (non-hydrogen) atoms. The number of carbonyl (C=O) groups excluding carboxylic acids is 1. The predicted molar refractivity (Wildman–Crippen MR) is 110 cm³/mol. The van der Waals surface area contributed by atoms with E-state index in [1.807, 2.05) is 19.1 Å². The highest BCUT2D eigenvalue weighted by atomic mass is 16.5. The van der Waals surface area contributed by atoms with Crippen molar-refractivity contribution in [2.24, 2.45) is 0 Å². The van der Waals surface area contributed by atoms with Gasteiger partial charge in [-0.2, -0.15) is 0 Å². The molecular weight excluding hydrogens is 370 g/mol. The van der Waals surface area contributed by atoms with Crippen LogP contribution in [0.15, 0.2) is 12.1 Å². The summed E-state index contributed by atoms with van der Waals surface area (Å²) in [6.45, 7) is 3.86. The smallest absolute Gasteiger partial charge is 0.225 e. The van der Waals surface area contributed by atoms with E-state index in [1.165, 1.54) is 0 Å². The van der Waals surface area contributed by atoms with E-state index < -0.39 is 0 Å². The molecule has 4 rings (SSSR count). The number of benzene rings is 1. The maximum Gasteiger partial charge on any atom is 0.225 e. The van der Waals surface area contributed by atoms with Crippen LogP contribution in [-0.2, 0) is 6.42 Å². The molecule has 2 aliphatic rings. The number of aryl methyl sites for hydroxylation is 1. The van der Waals surface area contributed by atoms with Crippen molar-refractivity contribution in [1.29, 1.82) is 0 Å². The van der Waals surface area contributed by atoms with Crippen LogP contribution >= 0.6 is 0 Å². The molecule has 1 aromatic heterocycles. The molecule has 0 amide bonds. The summed E-state index contributed by atoms with van der Waals surface area (Å²) in [7, 11) is 4.78. The van der Waals surface area contributed by atoms with E-state index in [0.717, 1.165) is 48.8 Å². The summed E-state index contributed by atoms with van der Waals surface area (Å²) in [5.41, 5.74) is 3.30. The Hall–Kier alpha value is -2.83. The number of methoxy groups -OCH3 is 3. The van der Waals surface area contributed by atoms with E-state index >= 15 is 0 Å². The third-order valence-corrected chi connectivity index (χ3v) is 5.85. The number of hydrogen-bond acceptors (Lipinski definition) is 7. The molecule has 1 aliphatic carbocycles. The minimum absolute atomic E-state index is 0.00411. The van der Waals surface area contributed by atoms with Gasteiger partial charge in [0.05, 0.1) is 38.3 Å². The summed E-state index contributed by atoms with van der Waals surface area (Å²) in [4.78, 5) is 24.6. The summed E-state index contributed by atoms with van der Waals surface area (Å²) < 4.78 is 16.4. The lowest BCUT2D eigenvalue weighted by atomic mass is 9.81. The Morgan fingerprint density at radius 2 is 1.62 bits per heavy atom. The molecule has 1 atom stereocenters. The van der Waals surface area contributed by atoms with Crippen LogP contribution in [-0.4, -0.2) is 50.2 Å². The molecule has 0 unspecified atom stereocenters. The monoisotopic (exact) mass is 397 g/mol. The molecule has 0 bridgehead atoms. The van der Waals surface area contributed by atoms with E-state index in [0.29, 0.717) is 35.7 Å². The first kappa shape index (κ1) is 19.5. The number of fused-ring (bicyclic) bond motifs is 1. The molecule has 0 saturated carbocycles. The van der Waals surface area contributed by atoms with Gasteiger partial charge in [-0.15, -0.1) is 0 Å². The normalized spacial score (nSPS) is 18.6. The number of carbonyl (C=O) groups is 1. The van der Waals surface area contributed by atoms with Crippen LogP contribution in [0.2, 0.25) is 0 Å². The van der Waals surface area contributed by atoms with Crippen LogP contribution < -0.4 is 19.1 Å². The van der Waals surface area contributed by atoms with Crippen LogP contribution in [0.1, 0.15) is 52.5 Å². The lowest BCUT2D eigenvalue weighted by Gasteiger charge is -2.27. The first-order valence-electron chi connectivity index (χ1n) is 10.0. The first-order valence-corrected chi connectivity index (χ1v) is 10.0. The highest BCUT2D eigenvalue weighted by Crippen LogP contribution is 2.43. The molecule has 2 heterocycles. The molecule has 1 fully saturated rings. The number of rotatable bonds is 5. The maximum atomic E-state index is 13.0. The van der Waals surface area contributed by atoms with Crippen molar-refractivity contribution in [3.05, 3.63) is 34.6 Å². The van der Waals surface area contributed by atoms with Crippen molar-refractivity contribution >= 4 is 11.7 Å². The molecule has 7 heteroatoms. The maximum absolute atomic E-state index is 13.0. The summed E-state index contributed by atoms with van der Waals surface area (Å²) in [6.07, 6.45) is 3.42. The molecule has 154 valence electrons. The van der Waals surface area contributed by atoms with Crippen LogP contribution in [0, 0.1) is 6.92 Å². The lowest BCUT2D eigenvalue weighted by molar-refractivity contribution is 0.0962. The molecule has 1 aliphatic heterocycles. The zero-order valence-electron chi connectivity index (χ0n) is 17.4. The van der Waals surface area contributed by atoms with Gasteiger partial charge >= 0.3 is 0 Å². The summed E-state index contributed by atoms with van der Waals surface area (Å²) in [5.74, 6) is 2.58. The standard InChI is InChI=1S/C22H27N3O4/c1-13-20-16(24-22(23-13)25-7-5-6-8-25)9-14(10-17(20)26)15-11-18(27-2)21(29-4)19(12-15)28-3/h11-12,14H,5-10H2,1-4H3/t14-/m0/s1. The third kappa shape index (κ3) is 3.50. The Morgan fingerprint density at radius 1 is 0.966 bits per heavy atom. The third-order valence-electron chi connectivity index (χ3n) is 5.85. The molecule has 0 spiro atoms. The van der Waals surface area contributed by atoms with E-state index in [9.17, 15) is 4.79 Å². The molecule has 7 nitrogen and oxygen atoms in total. The number of aromatic nitrogens is 2. The Bertz CT molecular complexity index is 913. The van der Waals surface area contributed by atoms with Gasteiger partial charge < -0.3 is 19.1 Å². The van der Waals surface area contributed by atoms with E-state index in [4.69, 9.17) is 19.2 Å². The largest absolute Gasteiger partial charge is 0.493 e. The van der Waals surface area contributed by atoms with Crippen LogP contribution in [0.5, 0.6) is 17.2 Å². The predicted octanol–water partition coefficient (Wildman–Crippen LogP) is 3.32. The van der Waals surface area contributed by atoms with Crippen LogP contribution in [0.25, 0.3) is 0 Å². The molecule has 1 aromatic carbocycles. The zero-order chi connectivity index (χ0) is 20.5. The first-order chi connectivity index (χ1) is 14.0. The van der Waals surface area contributed by atoms with Gasteiger partial charge in [-0.25, -0.2) is 9.97 Å². The Kier molecular flexibility index (Phi) is 5.30. The second-order valence-electron chi connectivity index (χ2n) is 7.61. The van der Waals surface area contributed by atoms with E-state index in [1.54, 1.807) is 21.3 Å². The second-order valence-corrected chi connectivity index (χ2v) is 7.61. The number of hydrogen-bond donors (Lipinski definition) is 0. The molecule has 0 N–H and O–H groups in total. The van der Waals surface area contributed by atoms with Crippen molar-refractivity contribution in [2.45, 2.75) is 38.5 Å². The summed E-state index contributed by atoms with van der Waals surface area (Å²) in [5, 5.41) is 0. The lowest BCUT2D eigenvalue weighted by Crippen LogP contribution is -2.26. The van der Waals surface area contributed by atoms with Crippen molar-refractivity contribution in [1.82, 2.24) is 9.97 Å². The number of ether oxygens (including phenoxy) is 3. The Labute approximate surface area is 171 Å².